The molecule has 3 aromatic carbocycles. The fourth-order valence-electron chi connectivity index (χ4n) is 4.66. The van der Waals surface area contributed by atoms with Crippen LogP contribution in [0.25, 0.3) is 32.9 Å². The molecule has 1 unspecified atom stereocenters. The monoisotopic (exact) mass is 497 g/mol. The molecule has 36 heavy (non-hydrogen) atoms. The molecule has 0 saturated heterocycles. The third-order valence-electron chi connectivity index (χ3n) is 6.23. The topological polar surface area (TPSA) is 97.2 Å². The number of amides is 1. The largest absolute Gasteiger partial charge is 0.491 e. The number of carbonyl (C=O) groups is 2. The molecule has 10 heteroatoms. The quantitative estimate of drug-likeness (QED) is 0.272. The van der Waals surface area contributed by atoms with Crippen LogP contribution in [0.2, 0.25) is 0 Å². The van der Waals surface area contributed by atoms with Gasteiger partial charge in [0.1, 0.15) is 18.2 Å². The van der Waals surface area contributed by atoms with Crippen molar-refractivity contribution in [2.24, 2.45) is 5.73 Å². The van der Waals surface area contributed by atoms with Crippen molar-refractivity contribution in [3.8, 4) is 16.9 Å². The van der Waals surface area contributed by atoms with Crippen LogP contribution in [0.1, 0.15) is 27.5 Å². The maximum Gasteiger partial charge on any atom is 0.416 e. The van der Waals surface area contributed by atoms with Gasteiger partial charge in [-0.1, -0.05) is 30.8 Å². The third kappa shape index (κ3) is 3.70. The summed E-state index contributed by atoms with van der Waals surface area (Å²) in [4.78, 5) is 27.5. The molecule has 0 spiro atoms. The molecule has 5 rings (SSSR count). The second-order valence-electron chi connectivity index (χ2n) is 8.34. The number of nitrogens with two attached hydrogens (primary N) is 1. The zero-order valence-corrected chi connectivity index (χ0v) is 18.6. The first-order valence-electron chi connectivity index (χ1n) is 10.9. The fraction of sp³-hybridized carbons (Fsp3) is 0.154. The van der Waals surface area contributed by atoms with E-state index in [2.05, 4.69) is 16.9 Å². The van der Waals surface area contributed by atoms with Gasteiger partial charge in [-0.2, -0.15) is 13.2 Å². The van der Waals surface area contributed by atoms with Crippen molar-refractivity contribution in [2.45, 2.75) is 12.2 Å². The molecule has 1 atom stereocenters. The molecule has 0 aliphatic carbocycles. The number of rotatable bonds is 4. The van der Waals surface area contributed by atoms with Crippen LogP contribution in [-0.4, -0.2) is 29.8 Å². The van der Waals surface area contributed by atoms with E-state index in [0.29, 0.717) is 12.1 Å². The van der Waals surface area contributed by atoms with Crippen LogP contribution in [0.3, 0.4) is 0 Å². The summed E-state index contributed by atoms with van der Waals surface area (Å²) >= 11 is 0. The first-order valence-corrected chi connectivity index (χ1v) is 10.9. The molecule has 4 aromatic rings. The second-order valence-corrected chi connectivity index (χ2v) is 8.34. The van der Waals surface area contributed by atoms with Crippen LogP contribution < -0.4 is 15.8 Å². The van der Waals surface area contributed by atoms with E-state index in [-0.39, 0.29) is 56.6 Å². The van der Waals surface area contributed by atoms with Crippen molar-refractivity contribution in [3.05, 3.63) is 77.6 Å². The number of H-pyrrole nitrogens is 1. The van der Waals surface area contributed by atoms with Crippen LogP contribution >= 0.6 is 0 Å². The highest BCUT2D eigenvalue weighted by Gasteiger charge is 2.32. The highest BCUT2D eigenvalue weighted by molar-refractivity contribution is 6.20. The molecule has 0 saturated carbocycles. The summed E-state index contributed by atoms with van der Waals surface area (Å²) in [5.74, 6) is -1.83. The maximum absolute atomic E-state index is 15.7. The molecule has 6 nitrogen and oxygen atoms in total. The molecule has 1 amide bonds. The minimum Gasteiger partial charge on any atom is -0.491 e. The Hall–Kier alpha value is -4.18. The smallest absolute Gasteiger partial charge is 0.416 e. The highest BCUT2D eigenvalue weighted by Crippen LogP contribution is 2.45. The number of benzene rings is 3. The van der Waals surface area contributed by atoms with Crippen LogP contribution in [-0.2, 0) is 11.0 Å². The van der Waals surface area contributed by atoms with E-state index in [4.69, 9.17) is 10.5 Å². The van der Waals surface area contributed by atoms with Gasteiger partial charge >= 0.3 is 6.18 Å². The van der Waals surface area contributed by atoms with Gasteiger partial charge in [-0.3, -0.25) is 14.9 Å². The van der Waals surface area contributed by atoms with E-state index in [9.17, 15) is 22.8 Å². The first-order chi connectivity index (χ1) is 17.1. The van der Waals surface area contributed by atoms with Crippen LogP contribution in [0, 0.1) is 5.82 Å². The van der Waals surface area contributed by atoms with Crippen molar-refractivity contribution >= 4 is 33.5 Å². The average Bonchev–Trinajstić information content (AvgIpc) is 3.06. The molecule has 2 heterocycles. The molecular formula is C26H19F4N3O3. The molecule has 1 aliphatic rings. The molecule has 0 fully saturated rings. The van der Waals surface area contributed by atoms with E-state index >= 15 is 4.39 Å². The van der Waals surface area contributed by atoms with Crippen molar-refractivity contribution < 1.29 is 31.9 Å². The van der Waals surface area contributed by atoms with Gasteiger partial charge < -0.3 is 15.5 Å². The van der Waals surface area contributed by atoms with E-state index in [1.54, 1.807) is 18.2 Å². The Morgan fingerprint density at radius 2 is 1.94 bits per heavy atom. The van der Waals surface area contributed by atoms with Gasteiger partial charge in [0.15, 0.2) is 5.78 Å². The zero-order chi connectivity index (χ0) is 25.8. The van der Waals surface area contributed by atoms with Gasteiger partial charge in [0.05, 0.1) is 22.7 Å². The number of hydrogen-bond donors (Lipinski definition) is 3. The summed E-state index contributed by atoms with van der Waals surface area (Å²) in [6.07, 6.45) is -3.42. The molecule has 1 aliphatic heterocycles. The number of primary amides is 1. The lowest BCUT2D eigenvalue weighted by molar-refractivity contribution is -0.137. The number of fused-ring (bicyclic) bond motifs is 4. The maximum atomic E-state index is 15.7. The Bertz CT molecular complexity index is 1570. The summed E-state index contributed by atoms with van der Waals surface area (Å²) in [7, 11) is 0. The number of aromatic amines is 1. The number of para-hydroxylation sites is 1. The van der Waals surface area contributed by atoms with Gasteiger partial charge in [0, 0.05) is 39.5 Å². The van der Waals surface area contributed by atoms with Crippen LogP contribution in [0.4, 0.5) is 17.6 Å². The summed E-state index contributed by atoms with van der Waals surface area (Å²) in [5.41, 5.74) is 5.25. The third-order valence-corrected chi connectivity index (χ3v) is 6.23. The minimum absolute atomic E-state index is 0.00422. The van der Waals surface area contributed by atoms with Gasteiger partial charge in [-0.25, -0.2) is 4.39 Å². The minimum atomic E-state index is -4.60. The number of aromatic nitrogens is 1. The summed E-state index contributed by atoms with van der Waals surface area (Å²) in [5, 5.41) is 3.51. The van der Waals surface area contributed by atoms with Gasteiger partial charge in [-0.15, -0.1) is 0 Å². The number of nitrogens with one attached hydrogen (secondary N) is 2. The number of alkyl halides is 3. The zero-order valence-electron chi connectivity index (χ0n) is 18.6. The van der Waals surface area contributed by atoms with Crippen LogP contribution in [0.5, 0.6) is 5.75 Å². The second kappa shape index (κ2) is 8.49. The van der Waals surface area contributed by atoms with Crippen molar-refractivity contribution in [1.82, 2.24) is 10.3 Å². The molecule has 4 N–H and O–H groups in total. The predicted molar refractivity (Wildman–Crippen MR) is 126 cm³/mol. The Morgan fingerprint density at radius 1 is 1.17 bits per heavy atom. The normalized spacial score (nSPS) is 15.8. The molecular weight excluding hydrogens is 478 g/mol. The van der Waals surface area contributed by atoms with Crippen LogP contribution in [0.15, 0.2) is 55.1 Å². The average molecular weight is 497 g/mol. The Morgan fingerprint density at radius 3 is 2.64 bits per heavy atom. The summed E-state index contributed by atoms with van der Waals surface area (Å²) in [6.45, 7) is 4.05. The number of halogens is 4. The Kier molecular flexibility index (Phi) is 5.55. The lowest BCUT2D eigenvalue weighted by Gasteiger charge is -2.18. The molecule has 1 aromatic heterocycles. The van der Waals surface area contributed by atoms with Gasteiger partial charge in [-0.05, 0) is 24.3 Å². The van der Waals surface area contributed by atoms with E-state index in [0.717, 1.165) is 18.2 Å². The van der Waals surface area contributed by atoms with Crippen molar-refractivity contribution in [1.29, 1.82) is 0 Å². The number of hydrogen-bond acceptors (Lipinski definition) is 4. The molecule has 184 valence electrons. The van der Waals surface area contributed by atoms with Gasteiger partial charge in [0.2, 0.25) is 0 Å². The molecule has 0 radical (unpaired) electrons. The summed E-state index contributed by atoms with van der Waals surface area (Å²) in [6, 6.07) is 8.05. The predicted octanol–water partition coefficient (Wildman–Crippen LogP) is 5.02. The fourth-order valence-corrected chi connectivity index (χ4v) is 4.66. The lowest BCUT2D eigenvalue weighted by atomic mass is 9.91. The first kappa shape index (κ1) is 23.6. The van der Waals surface area contributed by atoms with Crippen molar-refractivity contribution in [2.75, 3.05) is 13.2 Å². The number of ether oxygens (including phenoxy) is 1. The SMILES string of the molecule is C=CC(=O)C1NCCOc2c(-c3c(F)cc(C(N)=O)c4[nH]c5cc(C(F)(F)F)ccc5c34)cccc21. The molecule has 0 bridgehead atoms. The van der Waals surface area contributed by atoms with E-state index in [1.165, 1.54) is 12.1 Å². The van der Waals surface area contributed by atoms with E-state index < -0.39 is 29.5 Å². The lowest BCUT2D eigenvalue weighted by Crippen LogP contribution is -2.28. The van der Waals surface area contributed by atoms with Gasteiger partial charge in [0.25, 0.3) is 5.91 Å². The van der Waals surface area contributed by atoms with Crippen molar-refractivity contribution in [3.63, 3.8) is 0 Å². The Labute approximate surface area is 201 Å². The van der Waals surface area contributed by atoms with E-state index in [1.807, 2.05) is 0 Å². The number of ketones is 1. The summed E-state index contributed by atoms with van der Waals surface area (Å²) < 4.78 is 61.7. The Balaban J connectivity index is 1.87. The standard InChI is InChI=1S/C26H19F4N3O3/c1-2-19(34)22-15-5-3-4-14(24(15)36-9-8-32-22)20-17(27)11-16(25(31)35)23-21(20)13-7-6-12(26(28,29)30)10-18(13)33-23/h2-7,10-11,22,32-33H,1,8-9H2,(H2,31,35). The number of carbonyl (C=O) groups excluding carboxylic acids is 2. The highest BCUT2D eigenvalue weighted by atomic mass is 19.4.